The Balaban J connectivity index is 2.98. The molecule has 0 aromatic heterocycles. The normalized spacial score (nSPS) is 13.5. The van der Waals surface area contributed by atoms with Gasteiger partial charge in [0.15, 0.2) is 0 Å². The van der Waals surface area contributed by atoms with Crippen LogP contribution >= 0.6 is 0 Å². The molecule has 1 aromatic carbocycles. The minimum Gasteiger partial charge on any atom is -0.322 e. The number of anilines is 1. The number of benzene rings is 1. The predicted octanol–water partition coefficient (Wildman–Crippen LogP) is 2.77. The highest BCUT2D eigenvalue weighted by Gasteiger charge is 2.31. The molecule has 0 saturated carbocycles. The first kappa shape index (κ1) is 15.4. The van der Waals surface area contributed by atoms with Crippen molar-refractivity contribution in [3.63, 3.8) is 0 Å². The quantitative estimate of drug-likeness (QED) is 0.835. The molecule has 0 fully saturated rings. The summed E-state index contributed by atoms with van der Waals surface area (Å²) in [5.41, 5.74) is 3.95. The Morgan fingerprint density at radius 1 is 1.32 bits per heavy atom. The molecule has 3 N–H and O–H groups in total. The zero-order chi connectivity index (χ0) is 14.8. The average Bonchev–Trinajstić information content (AvgIpc) is 2.29. The second-order valence-electron chi connectivity index (χ2n) is 4.45. The van der Waals surface area contributed by atoms with Crippen LogP contribution in [0.2, 0.25) is 0 Å². The smallest absolute Gasteiger partial charge is 0.322 e. The minimum absolute atomic E-state index is 0.214. The molecule has 0 aliphatic rings. The number of halogens is 4. The van der Waals surface area contributed by atoms with Crippen LogP contribution in [0.4, 0.5) is 23.2 Å². The van der Waals surface area contributed by atoms with E-state index in [2.05, 4.69) is 5.32 Å². The highest BCUT2D eigenvalue weighted by Crippen LogP contribution is 2.31. The van der Waals surface area contributed by atoms with Crippen LogP contribution in [-0.2, 0) is 11.0 Å². The van der Waals surface area contributed by atoms with E-state index in [4.69, 9.17) is 5.73 Å². The molecule has 3 nitrogen and oxygen atoms in total. The minimum atomic E-state index is -4.60. The number of hydrogen-bond donors (Lipinski definition) is 2. The maximum Gasteiger partial charge on any atom is 0.416 e. The Labute approximate surface area is 107 Å². The third kappa shape index (κ3) is 3.92. The molecule has 106 valence electrons. The van der Waals surface area contributed by atoms with E-state index in [1.165, 1.54) is 0 Å². The van der Waals surface area contributed by atoms with E-state index in [-0.39, 0.29) is 5.92 Å². The first-order valence-corrected chi connectivity index (χ1v) is 5.56. The molecule has 0 spiro atoms. The van der Waals surface area contributed by atoms with Crippen molar-refractivity contribution in [1.82, 2.24) is 0 Å². The Morgan fingerprint density at radius 3 is 2.37 bits per heavy atom. The van der Waals surface area contributed by atoms with Crippen LogP contribution in [0.25, 0.3) is 0 Å². The SMILES string of the molecule is CC(C)[C@@H](N)C(=O)Nc1cc(C(F)(F)F)ccc1F. The third-order valence-corrected chi connectivity index (χ3v) is 2.57. The van der Waals surface area contributed by atoms with Crippen LogP contribution in [0, 0.1) is 11.7 Å². The fourth-order valence-electron chi connectivity index (χ4n) is 1.32. The van der Waals surface area contributed by atoms with Crippen LogP contribution in [0.5, 0.6) is 0 Å². The Hall–Kier alpha value is -1.63. The fourth-order valence-corrected chi connectivity index (χ4v) is 1.32. The highest BCUT2D eigenvalue weighted by molar-refractivity contribution is 5.95. The monoisotopic (exact) mass is 278 g/mol. The largest absolute Gasteiger partial charge is 0.416 e. The summed E-state index contributed by atoms with van der Waals surface area (Å²) in [6.45, 7) is 3.35. The number of amides is 1. The number of carbonyl (C=O) groups is 1. The number of nitrogens with one attached hydrogen (secondary N) is 1. The van der Waals surface area contributed by atoms with Crippen molar-refractivity contribution < 1.29 is 22.4 Å². The van der Waals surface area contributed by atoms with Gasteiger partial charge in [-0.05, 0) is 24.1 Å². The molecule has 7 heteroatoms. The lowest BCUT2D eigenvalue weighted by Crippen LogP contribution is -2.40. The zero-order valence-electron chi connectivity index (χ0n) is 10.4. The molecular weight excluding hydrogens is 264 g/mol. The highest BCUT2D eigenvalue weighted by atomic mass is 19.4. The van der Waals surface area contributed by atoms with Gasteiger partial charge in [-0.2, -0.15) is 13.2 Å². The molecule has 0 unspecified atom stereocenters. The van der Waals surface area contributed by atoms with Gasteiger partial charge in [0.25, 0.3) is 0 Å². The van der Waals surface area contributed by atoms with Crippen molar-refractivity contribution in [2.75, 3.05) is 5.32 Å². The van der Waals surface area contributed by atoms with E-state index in [1.54, 1.807) is 13.8 Å². The lowest BCUT2D eigenvalue weighted by atomic mass is 10.0. The first-order valence-electron chi connectivity index (χ1n) is 5.56. The fraction of sp³-hybridized carbons (Fsp3) is 0.417. The molecule has 0 bridgehead atoms. The molecule has 1 amide bonds. The Morgan fingerprint density at radius 2 is 1.89 bits per heavy atom. The summed E-state index contributed by atoms with van der Waals surface area (Å²) in [5.74, 6) is -1.89. The predicted molar refractivity (Wildman–Crippen MR) is 62.8 cm³/mol. The summed E-state index contributed by atoms with van der Waals surface area (Å²) in [5, 5.41) is 2.06. The Bertz CT molecular complexity index is 471. The van der Waals surface area contributed by atoms with Gasteiger partial charge in [0.2, 0.25) is 5.91 Å². The van der Waals surface area contributed by atoms with Gasteiger partial charge in [-0.15, -0.1) is 0 Å². The number of alkyl halides is 3. The summed E-state index contributed by atoms with van der Waals surface area (Å²) in [6.07, 6.45) is -4.60. The number of rotatable bonds is 3. The molecule has 0 heterocycles. The topological polar surface area (TPSA) is 55.1 Å². The molecule has 0 saturated heterocycles. The van der Waals surface area contributed by atoms with Gasteiger partial charge in [0, 0.05) is 0 Å². The third-order valence-electron chi connectivity index (χ3n) is 2.57. The molecular formula is C12H14F4N2O. The summed E-state index contributed by atoms with van der Waals surface area (Å²) >= 11 is 0. The molecule has 0 aliphatic heterocycles. The summed E-state index contributed by atoms with van der Waals surface area (Å²) in [4.78, 5) is 11.6. The van der Waals surface area contributed by atoms with E-state index >= 15 is 0 Å². The van der Waals surface area contributed by atoms with Crippen LogP contribution in [0.3, 0.4) is 0 Å². The molecule has 0 aliphatic carbocycles. The van der Waals surface area contributed by atoms with Gasteiger partial charge >= 0.3 is 6.18 Å². The standard InChI is InChI=1S/C12H14F4N2O/c1-6(2)10(17)11(19)18-9-5-7(12(14,15)16)3-4-8(9)13/h3-6,10H,17H2,1-2H3,(H,18,19)/t10-/m1/s1. The van der Waals surface area contributed by atoms with Crippen LogP contribution < -0.4 is 11.1 Å². The van der Waals surface area contributed by atoms with Crippen LogP contribution in [-0.4, -0.2) is 11.9 Å². The zero-order valence-corrected chi connectivity index (χ0v) is 10.4. The lowest BCUT2D eigenvalue weighted by molar-refractivity contribution is -0.137. The van der Waals surface area contributed by atoms with Crippen molar-refractivity contribution in [2.24, 2.45) is 11.7 Å². The number of nitrogens with two attached hydrogens (primary N) is 1. The lowest BCUT2D eigenvalue weighted by Gasteiger charge is -2.16. The van der Waals surface area contributed by atoms with Crippen LogP contribution in [0.15, 0.2) is 18.2 Å². The first-order chi connectivity index (χ1) is 8.62. The molecule has 1 aromatic rings. The molecule has 1 atom stereocenters. The second kappa shape index (κ2) is 5.56. The molecule has 19 heavy (non-hydrogen) atoms. The Kier molecular flexibility index (Phi) is 4.52. The number of carbonyl (C=O) groups excluding carboxylic acids is 1. The van der Waals surface area contributed by atoms with E-state index in [0.29, 0.717) is 18.2 Å². The van der Waals surface area contributed by atoms with E-state index in [1.807, 2.05) is 0 Å². The second-order valence-corrected chi connectivity index (χ2v) is 4.45. The van der Waals surface area contributed by atoms with Gasteiger partial charge in [-0.3, -0.25) is 4.79 Å². The van der Waals surface area contributed by atoms with Crippen LogP contribution in [0.1, 0.15) is 19.4 Å². The molecule has 0 radical (unpaired) electrons. The van der Waals surface area contributed by atoms with Crippen molar-refractivity contribution in [3.8, 4) is 0 Å². The van der Waals surface area contributed by atoms with Gasteiger partial charge < -0.3 is 11.1 Å². The summed E-state index contributed by atoms with van der Waals surface area (Å²) < 4.78 is 50.8. The van der Waals surface area contributed by atoms with Crippen molar-refractivity contribution >= 4 is 11.6 Å². The molecule has 1 rings (SSSR count). The van der Waals surface area contributed by atoms with Gasteiger partial charge in [-0.25, -0.2) is 4.39 Å². The van der Waals surface area contributed by atoms with E-state index in [0.717, 1.165) is 0 Å². The van der Waals surface area contributed by atoms with Crippen molar-refractivity contribution in [3.05, 3.63) is 29.6 Å². The van der Waals surface area contributed by atoms with Crippen molar-refractivity contribution in [2.45, 2.75) is 26.1 Å². The van der Waals surface area contributed by atoms with Gasteiger partial charge in [0.05, 0.1) is 17.3 Å². The van der Waals surface area contributed by atoms with E-state index < -0.39 is 35.2 Å². The maximum atomic E-state index is 13.4. The average molecular weight is 278 g/mol. The summed E-state index contributed by atoms with van der Waals surface area (Å²) in [7, 11) is 0. The maximum absolute atomic E-state index is 13.4. The van der Waals surface area contributed by atoms with Crippen molar-refractivity contribution in [1.29, 1.82) is 0 Å². The van der Waals surface area contributed by atoms with Gasteiger partial charge in [-0.1, -0.05) is 13.8 Å². The number of hydrogen-bond acceptors (Lipinski definition) is 2. The van der Waals surface area contributed by atoms with E-state index in [9.17, 15) is 22.4 Å². The summed E-state index contributed by atoms with van der Waals surface area (Å²) in [6, 6.07) is 0.876. The van der Waals surface area contributed by atoms with Gasteiger partial charge in [0.1, 0.15) is 5.82 Å².